The van der Waals surface area contributed by atoms with Gasteiger partial charge in [0.15, 0.2) is 0 Å². The van der Waals surface area contributed by atoms with Crippen molar-refractivity contribution in [2.75, 3.05) is 43.9 Å². The van der Waals surface area contributed by atoms with Gasteiger partial charge in [-0.3, -0.25) is 4.79 Å². The molecule has 1 unspecified atom stereocenters. The van der Waals surface area contributed by atoms with E-state index in [0.717, 1.165) is 0 Å². The van der Waals surface area contributed by atoms with E-state index < -0.39 is 6.10 Å². The van der Waals surface area contributed by atoms with Crippen molar-refractivity contribution in [1.29, 1.82) is 0 Å². The van der Waals surface area contributed by atoms with E-state index in [-0.39, 0.29) is 12.5 Å². The number of aliphatic hydroxyl groups excluding tert-OH is 1. The fourth-order valence-corrected chi connectivity index (χ4v) is 3.36. The number of benzene rings is 2. The van der Waals surface area contributed by atoms with Gasteiger partial charge in [-0.05, 0) is 31.3 Å². The van der Waals surface area contributed by atoms with Crippen LogP contribution >= 0.6 is 34.8 Å². The van der Waals surface area contributed by atoms with Crippen LogP contribution in [0.25, 0.3) is 0 Å². The Balaban J connectivity index is 1.73. The first-order valence-corrected chi connectivity index (χ1v) is 10.1. The summed E-state index contributed by atoms with van der Waals surface area (Å²) in [7, 11) is 1.90. The van der Waals surface area contributed by atoms with Gasteiger partial charge < -0.3 is 25.4 Å². The molecule has 1 amide bonds. The Bertz CT molecular complexity index is 816. The number of likely N-dealkylation sites (N-methyl/N-ethyl adjacent to an activating group) is 1. The number of para-hydroxylation sites is 1. The molecule has 0 fully saturated rings. The Morgan fingerprint density at radius 1 is 1.17 bits per heavy atom. The zero-order valence-electron chi connectivity index (χ0n) is 16.2. The van der Waals surface area contributed by atoms with Gasteiger partial charge in [0, 0.05) is 32.6 Å². The SMILES string of the molecule is CC(=O)Nc1ccc(OCC(O)CN(C)CCNc2c(Cl)cccc2Cl)cc1Cl. The van der Waals surface area contributed by atoms with Crippen molar-refractivity contribution in [3.63, 3.8) is 0 Å². The lowest BCUT2D eigenvalue weighted by atomic mass is 10.3. The van der Waals surface area contributed by atoms with Gasteiger partial charge in [-0.2, -0.15) is 0 Å². The van der Waals surface area contributed by atoms with Crippen LogP contribution in [0.15, 0.2) is 36.4 Å². The fourth-order valence-electron chi connectivity index (χ4n) is 2.61. The van der Waals surface area contributed by atoms with E-state index in [2.05, 4.69) is 10.6 Å². The number of aliphatic hydroxyl groups is 1. The van der Waals surface area contributed by atoms with Crippen LogP contribution in [-0.4, -0.2) is 55.3 Å². The minimum absolute atomic E-state index is 0.115. The monoisotopic (exact) mass is 459 g/mol. The molecule has 2 aromatic rings. The molecular weight excluding hydrogens is 437 g/mol. The van der Waals surface area contributed by atoms with Gasteiger partial charge in [0.1, 0.15) is 18.5 Å². The highest BCUT2D eigenvalue weighted by Crippen LogP contribution is 2.29. The average Bonchev–Trinajstić information content (AvgIpc) is 2.64. The highest BCUT2D eigenvalue weighted by atomic mass is 35.5. The molecule has 6 nitrogen and oxygen atoms in total. The van der Waals surface area contributed by atoms with Crippen molar-refractivity contribution in [1.82, 2.24) is 4.90 Å². The summed E-state index contributed by atoms with van der Waals surface area (Å²) in [6.07, 6.45) is -0.683. The van der Waals surface area contributed by atoms with Crippen molar-refractivity contribution in [3.05, 3.63) is 51.5 Å². The summed E-state index contributed by atoms with van der Waals surface area (Å²) in [6.45, 7) is 3.25. The number of nitrogens with zero attached hydrogens (tertiary/aromatic N) is 1. The zero-order chi connectivity index (χ0) is 21.4. The number of anilines is 2. The van der Waals surface area contributed by atoms with Crippen molar-refractivity contribution < 1.29 is 14.6 Å². The molecule has 158 valence electrons. The second kappa shape index (κ2) is 11.5. The summed E-state index contributed by atoms with van der Waals surface area (Å²) in [5.74, 6) is 0.311. The Labute approximate surface area is 185 Å². The first-order chi connectivity index (χ1) is 13.8. The maximum Gasteiger partial charge on any atom is 0.221 e. The molecule has 0 radical (unpaired) electrons. The Morgan fingerprint density at radius 3 is 2.48 bits per heavy atom. The standard InChI is InChI=1S/C20H24Cl3N3O3/c1-13(27)25-19-7-6-15(10-18(19)23)29-12-14(28)11-26(2)9-8-24-20-16(21)4-3-5-17(20)22/h3-7,10,14,24,28H,8-9,11-12H2,1-2H3,(H,25,27). The van der Waals surface area contributed by atoms with Gasteiger partial charge in [-0.15, -0.1) is 0 Å². The van der Waals surface area contributed by atoms with Crippen LogP contribution in [0.5, 0.6) is 5.75 Å². The third-order valence-corrected chi connectivity index (χ3v) is 4.92. The molecule has 0 aromatic heterocycles. The second-order valence-electron chi connectivity index (χ2n) is 6.57. The van der Waals surface area contributed by atoms with E-state index >= 15 is 0 Å². The molecule has 0 saturated carbocycles. The van der Waals surface area contributed by atoms with Gasteiger partial charge in [0.2, 0.25) is 5.91 Å². The molecule has 0 saturated heterocycles. The summed E-state index contributed by atoms with van der Waals surface area (Å²) in [5.41, 5.74) is 1.21. The predicted molar refractivity (Wildman–Crippen MR) is 120 cm³/mol. The molecule has 2 aromatic carbocycles. The summed E-state index contributed by atoms with van der Waals surface area (Å²) in [4.78, 5) is 13.1. The zero-order valence-corrected chi connectivity index (χ0v) is 18.5. The molecule has 0 heterocycles. The Hall–Kier alpha value is -1.70. The number of amides is 1. The third kappa shape index (κ3) is 7.91. The van der Waals surface area contributed by atoms with Gasteiger partial charge in [-0.25, -0.2) is 0 Å². The molecule has 0 aliphatic carbocycles. The average molecular weight is 461 g/mol. The predicted octanol–water partition coefficient (Wildman–Crippen LogP) is 4.39. The number of carbonyl (C=O) groups is 1. The third-order valence-electron chi connectivity index (χ3n) is 3.97. The van der Waals surface area contributed by atoms with Crippen molar-refractivity contribution >= 4 is 52.1 Å². The van der Waals surface area contributed by atoms with Crippen LogP contribution in [0.4, 0.5) is 11.4 Å². The van der Waals surface area contributed by atoms with Gasteiger partial charge in [0.25, 0.3) is 0 Å². The smallest absolute Gasteiger partial charge is 0.221 e. The van der Waals surface area contributed by atoms with E-state index in [4.69, 9.17) is 39.5 Å². The molecule has 0 aliphatic rings. The lowest BCUT2D eigenvalue weighted by molar-refractivity contribution is -0.114. The number of halogens is 3. The topological polar surface area (TPSA) is 73.8 Å². The first kappa shape index (κ1) is 23.6. The molecule has 3 N–H and O–H groups in total. The molecular formula is C20H24Cl3N3O3. The molecule has 2 rings (SSSR count). The Kier molecular flexibility index (Phi) is 9.33. The van der Waals surface area contributed by atoms with Crippen molar-refractivity contribution in [2.24, 2.45) is 0 Å². The van der Waals surface area contributed by atoms with E-state index in [1.54, 1.807) is 36.4 Å². The molecule has 1 atom stereocenters. The molecule has 0 spiro atoms. The van der Waals surface area contributed by atoms with Crippen LogP contribution < -0.4 is 15.4 Å². The number of ether oxygens (including phenoxy) is 1. The fraction of sp³-hybridized carbons (Fsp3) is 0.350. The summed E-state index contributed by atoms with van der Waals surface area (Å²) in [6, 6.07) is 10.3. The number of carbonyl (C=O) groups excluding carboxylic acids is 1. The largest absolute Gasteiger partial charge is 0.491 e. The molecule has 0 bridgehead atoms. The second-order valence-corrected chi connectivity index (χ2v) is 7.79. The molecule has 29 heavy (non-hydrogen) atoms. The molecule has 9 heteroatoms. The first-order valence-electron chi connectivity index (χ1n) is 9.00. The summed E-state index contributed by atoms with van der Waals surface area (Å²) in [5, 5.41) is 17.5. The minimum Gasteiger partial charge on any atom is -0.491 e. The maximum absolute atomic E-state index is 11.1. The van der Waals surface area contributed by atoms with Crippen LogP contribution in [0.3, 0.4) is 0 Å². The highest BCUT2D eigenvalue weighted by Gasteiger charge is 2.11. The van der Waals surface area contributed by atoms with E-state index in [9.17, 15) is 9.90 Å². The van der Waals surface area contributed by atoms with Crippen LogP contribution in [0, 0.1) is 0 Å². The van der Waals surface area contributed by atoms with Crippen molar-refractivity contribution in [2.45, 2.75) is 13.0 Å². The number of hydrogen-bond donors (Lipinski definition) is 3. The Morgan fingerprint density at radius 2 is 1.86 bits per heavy atom. The lowest BCUT2D eigenvalue weighted by Gasteiger charge is -2.21. The van der Waals surface area contributed by atoms with E-state index in [0.29, 0.717) is 51.8 Å². The van der Waals surface area contributed by atoms with Gasteiger partial charge >= 0.3 is 0 Å². The van der Waals surface area contributed by atoms with E-state index in [1.165, 1.54) is 6.92 Å². The van der Waals surface area contributed by atoms with Crippen LogP contribution in [-0.2, 0) is 4.79 Å². The van der Waals surface area contributed by atoms with Gasteiger partial charge in [-0.1, -0.05) is 40.9 Å². The van der Waals surface area contributed by atoms with Crippen LogP contribution in [0.1, 0.15) is 6.92 Å². The van der Waals surface area contributed by atoms with Crippen molar-refractivity contribution in [3.8, 4) is 5.75 Å². The highest BCUT2D eigenvalue weighted by molar-refractivity contribution is 6.39. The lowest BCUT2D eigenvalue weighted by Crippen LogP contribution is -2.35. The number of nitrogens with one attached hydrogen (secondary N) is 2. The number of hydrogen-bond acceptors (Lipinski definition) is 5. The molecule has 0 aliphatic heterocycles. The summed E-state index contributed by atoms with van der Waals surface area (Å²) < 4.78 is 5.59. The van der Waals surface area contributed by atoms with Gasteiger partial charge in [0.05, 0.1) is 26.4 Å². The van der Waals surface area contributed by atoms with E-state index in [1.807, 2.05) is 11.9 Å². The maximum atomic E-state index is 11.1. The minimum atomic E-state index is -0.683. The number of rotatable bonds is 10. The summed E-state index contributed by atoms with van der Waals surface area (Å²) >= 11 is 18.4. The quantitative estimate of drug-likeness (QED) is 0.490. The normalized spacial score (nSPS) is 12.0. The van der Waals surface area contributed by atoms with Crippen LogP contribution in [0.2, 0.25) is 15.1 Å².